The lowest BCUT2D eigenvalue weighted by Gasteiger charge is -2.30. The zero-order valence-electron chi connectivity index (χ0n) is 13.6. The Morgan fingerprint density at radius 3 is 2.79 bits per heavy atom. The summed E-state index contributed by atoms with van der Waals surface area (Å²) in [5.41, 5.74) is -1.58. The van der Waals surface area contributed by atoms with E-state index in [0.29, 0.717) is 31.3 Å². The van der Waals surface area contributed by atoms with Crippen molar-refractivity contribution in [3.63, 3.8) is 0 Å². The Morgan fingerprint density at radius 2 is 2.12 bits per heavy atom. The molecule has 1 fully saturated rings. The average molecular weight is 345 g/mol. The van der Waals surface area contributed by atoms with Crippen LogP contribution in [-0.4, -0.2) is 41.6 Å². The molecular weight excluding hydrogens is 323 g/mol. The normalized spacial score (nSPS) is 19.2. The van der Waals surface area contributed by atoms with Crippen molar-refractivity contribution in [1.82, 2.24) is 14.8 Å². The van der Waals surface area contributed by atoms with Gasteiger partial charge >= 0.3 is 6.18 Å². The zero-order chi connectivity index (χ0) is 17.7. The third-order valence-corrected chi connectivity index (χ3v) is 4.12. The van der Waals surface area contributed by atoms with E-state index in [4.69, 9.17) is 0 Å². The van der Waals surface area contributed by atoms with Crippen molar-refractivity contribution < 1.29 is 18.0 Å². The summed E-state index contributed by atoms with van der Waals surface area (Å²) in [6.07, 6.45) is -1.53. The van der Waals surface area contributed by atoms with E-state index in [-0.39, 0.29) is 0 Å². The molecule has 1 aliphatic heterocycles. The number of hydrogen-bond acceptors (Lipinski definition) is 3. The largest absolute Gasteiger partial charge is 0.417 e. The van der Waals surface area contributed by atoms with Crippen molar-refractivity contribution in [2.45, 2.75) is 32.5 Å². The number of rotatable bonds is 5. The summed E-state index contributed by atoms with van der Waals surface area (Å²) in [4.78, 5) is 25.7. The Kier molecular flexibility index (Phi) is 6.04. The van der Waals surface area contributed by atoms with Crippen LogP contribution in [-0.2, 0) is 17.5 Å². The van der Waals surface area contributed by atoms with Crippen LogP contribution < -0.4 is 10.9 Å². The first-order valence-electron chi connectivity index (χ1n) is 8.02. The maximum absolute atomic E-state index is 12.7. The van der Waals surface area contributed by atoms with Gasteiger partial charge in [0.05, 0.1) is 5.56 Å². The smallest absolute Gasteiger partial charge is 0.353 e. The molecule has 2 heterocycles. The van der Waals surface area contributed by atoms with Crippen molar-refractivity contribution in [2.24, 2.45) is 5.92 Å². The highest BCUT2D eigenvalue weighted by Gasteiger charge is 2.31. The number of pyridine rings is 1. The third-order valence-electron chi connectivity index (χ3n) is 4.12. The molecule has 0 aliphatic carbocycles. The Balaban J connectivity index is 1.85. The Morgan fingerprint density at radius 1 is 1.38 bits per heavy atom. The lowest BCUT2D eigenvalue weighted by Crippen LogP contribution is -2.41. The predicted octanol–water partition coefficient (Wildman–Crippen LogP) is 1.72. The minimum absolute atomic E-state index is 0.416. The monoisotopic (exact) mass is 345 g/mol. The summed E-state index contributed by atoms with van der Waals surface area (Å²) < 4.78 is 38.7. The number of nitrogens with one attached hydrogen (secondary N) is 1. The van der Waals surface area contributed by atoms with Gasteiger partial charge in [-0.1, -0.05) is 6.92 Å². The molecule has 0 aromatic carbocycles. The summed E-state index contributed by atoms with van der Waals surface area (Å²) in [7, 11) is 0. The summed E-state index contributed by atoms with van der Waals surface area (Å²) in [5, 5.41) is 2.66. The molecule has 24 heavy (non-hydrogen) atoms. The zero-order valence-corrected chi connectivity index (χ0v) is 13.6. The highest BCUT2D eigenvalue weighted by atomic mass is 19.4. The number of hydrogen-bond donors (Lipinski definition) is 1. The third kappa shape index (κ3) is 5.36. The Hall–Kier alpha value is -1.83. The number of carbonyl (C=O) groups excluding carboxylic acids is 1. The molecule has 1 N–H and O–H groups in total. The molecule has 1 amide bonds. The van der Waals surface area contributed by atoms with Crippen molar-refractivity contribution >= 4 is 5.91 Å². The minimum atomic E-state index is -4.54. The van der Waals surface area contributed by atoms with Crippen LogP contribution in [0, 0.1) is 5.92 Å². The van der Waals surface area contributed by atoms with Crippen molar-refractivity contribution in [3.8, 4) is 0 Å². The van der Waals surface area contributed by atoms with Gasteiger partial charge in [-0.25, -0.2) is 0 Å². The van der Waals surface area contributed by atoms with Gasteiger partial charge in [-0.2, -0.15) is 13.2 Å². The number of halogens is 3. The van der Waals surface area contributed by atoms with E-state index in [2.05, 4.69) is 17.1 Å². The SMILES string of the molecule is CC1CCCN(CCNC(=O)Cn2cc(C(F)(F)F)ccc2=O)C1. The summed E-state index contributed by atoms with van der Waals surface area (Å²) >= 11 is 0. The topological polar surface area (TPSA) is 54.3 Å². The number of amides is 1. The number of aromatic nitrogens is 1. The van der Waals surface area contributed by atoms with E-state index in [1.54, 1.807) is 0 Å². The molecule has 1 atom stereocenters. The summed E-state index contributed by atoms with van der Waals surface area (Å²) in [5.74, 6) is 0.166. The molecule has 1 aromatic rings. The molecular formula is C16H22F3N3O2. The van der Waals surface area contributed by atoms with Crippen LogP contribution >= 0.6 is 0 Å². The minimum Gasteiger partial charge on any atom is -0.353 e. The second-order valence-electron chi connectivity index (χ2n) is 6.28. The van der Waals surface area contributed by atoms with Gasteiger partial charge in [0.25, 0.3) is 5.56 Å². The van der Waals surface area contributed by atoms with E-state index in [9.17, 15) is 22.8 Å². The lowest BCUT2D eigenvalue weighted by atomic mass is 10.0. The average Bonchev–Trinajstić information content (AvgIpc) is 2.48. The fraction of sp³-hybridized carbons (Fsp3) is 0.625. The fourth-order valence-electron chi connectivity index (χ4n) is 2.88. The van der Waals surface area contributed by atoms with E-state index >= 15 is 0 Å². The quantitative estimate of drug-likeness (QED) is 0.884. The maximum atomic E-state index is 12.7. The first-order chi connectivity index (χ1) is 11.3. The predicted molar refractivity (Wildman–Crippen MR) is 83.6 cm³/mol. The van der Waals surface area contributed by atoms with Crippen molar-refractivity contribution in [1.29, 1.82) is 0 Å². The number of piperidine rings is 1. The van der Waals surface area contributed by atoms with Gasteiger partial charge < -0.3 is 14.8 Å². The lowest BCUT2D eigenvalue weighted by molar-refractivity contribution is -0.138. The van der Waals surface area contributed by atoms with Gasteiger partial charge in [0.2, 0.25) is 5.91 Å². The number of carbonyl (C=O) groups is 1. The molecule has 8 heteroatoms. The van der Waals surface area contributed by atoms with Gasteiger partial charge in [-0.3, -0.25) is 9.59 Å². The van der Waals surface area contributed by atoms with Crippen LogP contribution in [0.5, 0.6) is 0 Å². The highest BCUT2D eigenvalue weighted by molar-refractivity contribution is 5.75. The van der Waals surface area contributed by atoms with Gasteiger partial charge in [-0.05, 0) is 31.4 Å². The van der Waals surface area contributed by atoms with Gasteiger partial charge in [0, 0.05) is 31.9 Å². The first kappa shape index (κ1) is 18.5. The van der Waals surface area contributed by atoms with E-state index < -0.39 is 29.8 Å². The van der Waals surface area contributed by atoms with Crippen LogP contribution in [0.3, 0.4) is 0 Å². The first-order valence-corrected chi connectivity index (χ1v) is 8.02. The van der Waals surface area contributed by atoms with E-state index in [1.165, 1.54) is 6.42 Å². The van der Waals surface area contributed by atoms with E-state index in [1.807, 2.05) is 0 Å². The van der Waals surface area contributed by atoms with Crippen molar-refractivity contribution in [2.75, 3.05) is 26.2 Å². The summed E-state index contributed by atoms with van der Waals surface area (Å²) in [6.45, 7) is 4.87. The standard InChI is InChI=1S/C16H22F3N3O2/c1-12-3-2-7-21(9-12)8-6-20-14(23)11-22-10-13(16(17,18)19)4-5-15(22)24/h4-5,10,12H,2-3,6-9,11H2,1H3,(H,20,23). The van der Waals surface area contributed by atoms with Gasteiger partial charge in [0.1, 0.15) is 6.54 Å². The van der Waals surface area contributed by atoms with Crippen LogP contribution in [0.1, 0.15) is 25.3 Å². The van der Waals surface area contributed by atoms with Crippen LogP contribution in [0.2, 0.25) is 0 Å². The molecule has 1 unspecified atom stereocenters. The van der Waals surface area contributed by atoms with Gasteiger partial charge in [0.15, 0.2) is 0 Å². The number of likely N-dealkylation sites (tertiary alicyclic amines) is 1. The molecule has 5 nitrogen and oxygen atoms in total. The number of alkyl halides is 3. The molecule has 2 rings (SSSR count). The molecule has 134 valence electrons. The molecule has 0 bridgehead atoms. The second kappa shape index (κ2) is 7.83. The molecule has 1 aliphatic rings. The van der Waals surface area contributed by atoms with Gasteiger partial charge in [-0.15, -0.1) is 0 Å². The molecule has 0 radical (unpaired) electrons. The highest BCUT2D eigenvalue weighted by Crippen LogP contribution is 2.27. The van der Waals surface area contributed by atoms with Crippen LogP contribution in [0.25, 0.3) is 0 Å². The Labute approximate surface area is 138 Å². The van der Waals surface area contributed by atoms with Crippen LogP contribution in [0.15, 0.2) is 23.1 Å². The van der Waals surface area contributed by atoms with Crippen LogP contribution in [0.4, 0.5) is 13.2 Å². The Bertz CT molecular complexity index is 628. The second-order valence-corrected chi connectivity index (χ2v) is 6.28. The molecule has 1 aromatic heterocycles. The molecule has 0 saturated carbocycles. The maximum Gasteiger partial charge on any atom is 0.417 e. The van der Waals surface area contributed by atoms with Crippen molar-refractivity contribution in [3.05, 3.63) is 34.2 Å². The fourth-order valence-corrected chi connectivity index (χ4v) is 2.88. The molecule has 0 spiro atoms. The number of nitrogens with zero attached hydrogens (tertiary/aromatic N) is 2. The van der Waals surface area contributed by atoms with E-state index in [0.717, 1.165) is 30.1 Å². The molecule has 1 saturated heterocycles. The summed E-state index contributed by atoms with van der Waals surface area (Å²) in [6, 6.07) is 1.54.